The van der Waals surface area contributed by atoms with Gasteiger partial charge in [-0.3, -0.25) is 29.0 Å². The van der Waals surface area contributed by atoms with Crippen LogP contribution in [0.25, 0.3) is 0 Å². The Morgan fingerprint density at radius 3 is 1.17 bits per heavy atom. The third-order valence-corrected chi connectivity index (χ3v) is 6.60. The third-order valence-electron chi connectivity index (χ3n) is 6.60. The molecule has 2 atom stereocenters. The van der Waals surface area contributed by atoms with E-state index >= 15 is 0 Å². The van der Waals surface area contributed by atoms with Crippen LogP contribution in [0.15, 0.2) is 0 Å². The molecule has 1 rings (SSSR count). The summed E-state index contributed by atoms with van der Waals surface area (Å²) in [5.74, 6) is -1.72. The van der Waals surface area contributed by atoms with Crippen molar-refractivity contribution in [1.29, 1.82) is 0 Å². The maximum absolute atomic E-state index is 13.7. The largest absolute Gasteiger partial charge is 0.459 e. The molecule has 0 spiro atoms. The van der Waals surface area contributed by atoms with Crippen molar-refractivity contribution in [1.82, 2.24) is 20.4 Å². The van der Waals surface area contributed by atoms with Gasteiger partial charge in [0.1, 0.15) is 11.2 Å². The summed E-state index contributed by atoms with van der Waals surface area (Å²) in [5.41, 5.74) is -5.85. The van der Waals surface area contributed by atoms with Crippen molar-refractivity contribution >= 4 is 23.8 Å². The second-order valence-electron chi connectivity index (χ2n) is 15.0. The van der Waals surface area contributed by atoms with E-state index in [1.165, 1.54) is 14.2 Å². The molecule has 0 radical (unpaired) electrons. The first-order valence-electron chi connectivity index (χ1n) is 14.4. The van der Waals surface area contributed by atoms with Crippen LogP contribution in [0.3, 0.4) is 0 Å². The van der Waals surface area contributed by atoms with Crippen LogP contribution in [-0.2, 0) is 38.1 Å². The van der Waals surface area contributed by atoms with Crippen LogP contribution in [-0.4, -0.2) is 121 Å². The van der Waals surface area contributed by atoms with Crippen LogP contribution < -0.4 is 10.6 Å². The Morgan fingerprint density at radius 1 is 0.643 bits per heavy atom. The zero-order valence-corrected chi connectivity index (χ0v) is 28.4. The van der Waals surface area contributed by atoms with Crippen LogP contribution in [0.4, 0.5) is 0 Å². The van der Waals surface area contributed by atoms with Crippen LogP contribution in [0.2, 0.25) is 0 Å². The van der Waals surface area contributed by atoms with Crippen LogP contribution >= 0.6 is 0 Å². The van der Waals surface area contributed by atoms with Crippen molar-refractivity contribution in [3.05, 3.63) is 0 Å². The van der Waals surface area contributed by atoms with Gasteiger partial charge in [0.05, 0.1) is 13.1 Å². The van der Waals surface area contributed by atoms with E-state index in [0.29, 0.717) is 0 Å². The molecule has 0 unspecified atom stereocenters. The molecule has 0 aromatic rings. The average Bonchev–Trinajstić information content (AvgIpc) is 2.73. The number of carbonyl (C=O) groups is 4. The van der Waals surface area contributed by atoms with E-state index < -0.39 is 57.2 Å². The lowest BCUT2D eigenvalue weighted by Crippen LogP contribution is -2.66. The topological polar surface area (TPSA) is 136 Å². The third kappa shape index (κ3) is 12.5. The minimum Gasteiger partial charge on any atom is -0.459 e. The second-order valence-corrected chi connectivity index (χ2v) is 15.0. The molecule has 0 aromatic heterocycles. The monoisotopic (exact) mass is 600 g/mol. The fourth-order valence-electron chi connectivity index (χ4n) is 4.84. The summed E-state index contributed by atoms with van der Waals surface area (Å²) in [5, 5.41) is 6.10. The maximum atomic E-state index is 13.7. The molecule has 2 amide bonds. The molecule has 2 N–H and O–H groups in total. The molecule has 12 heteroatoms. The first kappa shape index (κ1) is 37.7. The van der Waals surface area contributed by atoms with Crippen molar-refractivity contribution in [2.24, 2.45) is 0 Å². The summed E-state index contributed by atoms with van der Waals surface area (Å²) >= 11 is 0. The van der Waals surface area contributed by atoms with E-state index in [2.05, 4.69) is 10.6 Å². The molecule has 0 aliphatic carbocycles. The van der Waals surface area contributed by atoms with Crippen LogP contribution in [0, 0.1) is 0 Å². The van der Waals surface area contributed by atoms with Gasteiger partial charge in [-0.05, 0) is 83.1 Å². The van der Waals surface area contributed by atoms with Gasteiger partial charge in [-0.1, -0.05) is 0 Å². The van der Waals surface area contributed by atoms with E-state index in [1.54, 1.807) is 65.2 Å². The number of hydrogen-bond acceptors (Lipinski definition) is 10. The van der Waals surface area contributed by atoms with Gasteiger partial charge < -0.3 is 29.6 Å². The van der Waals surface area contributed by atoms with Gasteiger partial charge in [0.2, 0.25) is 0 Å². The Kier molecular flexibility index (Phi) is 12.2. The average molecular weight is 601 g/mol. The molecule has 0 bridgehead atoms. The maximum Gasteiger partial charge on any atom is 0.320 e. The lowest BCUT2D eigenvalue weighted by Gasteiger charge is -2.43. The highest BCUT2D eigenvalue weighted by Crippen LogP contribution is 2.22. The number of esters is 2. The summed E-state index contributed by atoms with van der Waals surface area (Å²) < 4.78 is 22.6. The lowest BCUT2D eigenvalue weighted by molar-refractivity contribution is -0.162. The molecule has 12 nitrogen and oxygen atoms in total. The molecule has 0 aromatic carbocycles. The summed E-state index contributed by atoms with van der Waals surface area (Å²) in [6.07, 6.45) is 0. The Hall–Kier alpha value is -2.28. The van der Waals surface area contributed by atoms with Crippen LogP contribution in [0.1, 0.15) is 83.1 Å². The van der Waals surface area contributed by atoms with Gasteiger partial charge in [0, 0.05) is 51.5 Å². The van der Waals surface area contributed by atoms with Gasteiger partial charge in [-0.2, -0.15) is 0 Å². The SMILES string of the molecule is CO[C@@]1(C)CN(CC(=O)OC(C)(C)C)CC(C)(C)NC(=O)[C@@](C)(OC)CN(CC(=O)OC(C)(C)C)CC(C)(C)NC1=O. The smallest absolute Gasteiger partial charge is 0.320 e. The van der Waals surface area contributed by atoms with Gasteiger partial charge in [0.15, 0.2) is 11.2 Å². The van der Waals surface area contributed by atoms with Gasteiger partial charge in [0.25, 0.3) is 11.8 Å². The van der Waals surface area contributed by atoms with Gasteiger partial charge >= 0.3 is 11.9 Å². The fraction of sp³-hybridized carbons (Fsp3) is 0.867. The van der Waals surface area contributed by atoms with E-state index in [9.17, 15) is 19.2 Å². The Morgan fingerprint density at radius 2 is 0.929 bits per heavy atom. The van der Waals surface area contributed by atoms with Crippen molar-refractivity contribution in [2.75, 3.05) is 53.5 Å². The first-order valence-corrected chi connectivity index (χ1v) is 14.4. The number of ether oxygens (including phenoxy) is 4. The molecule has 244 valence electrons. The number of hydrogen-bond donors (Lipinski definition) is 2. The molecule has 1 aliphatic heterocycles. The summed E-state index contributed by atoms with van der Waals surface area (Å²) in [6, 6.07) is 0. The molecule has 0 saturated carbocycles. The highest BCUT2D eigenvalue weighted by Gasteiger charge is 2.44. The van der Waals surface area contributed by atoms with Gasteiger partial charge in [-0.25, -0.2) is 0 Å². The predicted molar refractivity (Wildman–Crippen MR) is 160 cm³/mol. The predicted octanol–water partition coefficient (Wildman–Crippen LogP) is 1.89. The second kappa shape index (κ2) is 13.6. The molecular weight excluding hydrogens is 544 g/mol. The number of amides is 2. The van der Waals surface area contributed by atoms with Crippen molar-refractivity contribution in [2.45, 2.75) is 117 Å². The minimum atomic E-state index is -1.36. The molecule has 42 heavy (non-hydrogen) atoms. The highest BCUT2D eigenvalue weighted by atomic mass is 16.6. The Balaban J connectivity index is 3.56. The quantitative estimate of drug-likeness (QED) is 0.435. The molecule has 1 saturated heterocycles. The molecule has 1 aliphatic rings. The van der Waals surface area contributed by atoms with Crippen molar-refractivity contribution in [3.8, 4) is 0 Å². The minimum absolute atomic E-state index is 0.0348. The summed E-state index contributed by atoms with van der Waals surface area (Å²) in [6.45, 7) is 21.5. The molecule has 1 fully saturated rings. The van der Waals surface area contributed by atoms with Crippen LogP contribution in [0.5, 0.6) is 0 Å². The fourth-order valence-corrected chi connectivity index (χ4v) is 4.84. The number of carbonyl (C=O) groups excluding carboxylic acids is 4. The molecular formula is C30H56N4O8. The van der Waals surface area contributed by atoms with Crippen molar-refractivity contribution < 1.29 is 38.1 Å². The first-order chi connectivity index (χ1) is 18.7. The normalized spacial score (nSPS) is 26.9. The number of nitrogens with one attached hydrogen (secondary N) is 2. The van der Waals surface area contributed by atoms with E-state index in [4.69, 9.17) is 18.9 Å². The summed E-state index contributed by atoms with van der Waals surface area (Å²) in [7, 11) is 2.88. The number of rotatable bonds is 6. The zero-order chi connectivity index (χ0) is 32.9. The Labute approximate surface area is 252 Å². The van der Waals surface area contributed by atoms with Gasteiger partial charge in [-0.15, -0.1) is 0 Å². The van der Waals surface area contributed by atoms with E-state index in [1.807, 2.05) is 27.7 Å². The standard InChI is InChI=1S/C30H56N4O8/c1-25(2,3)41-21(35)15-33-17-27(7,8)31-24(38)30(12,40-14)20-34(16-22(36)42-26(4,5)6)18-28(9,10)32-23(37)29(11,19-33)39-13/h15-20H2,1-14H3,(H,31,38)(H,32,37)/t29-,30-/m0/s1. The molecule has 1 heterocycles. The number of nitrogens with zero attached hydrogens (tertiary/aromatic N) is 2. The Bertz CT molecular complexity index is 907. The van der Waals surface area contributed by atoms with E-state index in [-0.39, 0.29) is 39.3 Å². The van der Waals surface area contributed by atoms with Crippen molar-refractivity contribution in [3.63, 3.8) is 0 Å². The zero-order valence-electron chi connectivity index (χ0n) is 28.4. The highest BCUT2D eigenvalue weighted by molar-refractivity contribution is 5.87. The number of methoxy groups -OCH3 is 2. The lowest BCUT2D eigenvalue weighted by atomic mass is 9.95. The van der Waals surface area contributed by atoms with E-state index in [0.717, 1.165) is 0 Å². The summed E-state index contributed by atoms with van der Waals surface area (Å²) in [4.78, 5) is 56.7.